The summed E-state index contributed by atoms with van der Waals surface area (Å²) in [5.74, 6) is 1.48. The molecule has 6 nitrogen and oxygen atoms in total. The van der Waals surface area contributed by atoms with E-state index in [-0.39, 0.29) is 6.10 Å². The number of aliphatic hydroxyl groups is 1. The van der Waals surface area contributed by atoms with Gasteiger partial charge in [-0.2, -0.15) is 4.98 Å². The van der Waals surface area contributed by atoms with Gasteiger partial charge in [-0.05, 0) is 49.9 Å². The maximum absolute atomic E-state index is 9.75. The van der Waals surface area contributed by atoms with Crippen LogP contribution in [0, 0.1) is 13.8 Å². The molecule has 1 aromatic carbocycles. The average molecular weight is 365 g/mol. The van der Waals surface area contributed by atoms with Gasteiger partial charge < -0.3 is 20.3 Å². The molecule has 1 unspecified atom stereocenters. The summed E-state index contributed by atoms with van der Waals surface area (Å²) in [6.07, 6.45) is 3.30. The lowest BCUT2D eigenvalue weighted by Crippen LogP contribution is -2.22. The van der Waals surface area contributed by atoms with E-state index >= 15 is 0 Å². The van der Waals surface area contributed by atoms with Crippen LogP contribution in [0.25, 0.3) is 10.9 Å². The second kappa shape index (κ2) is 7.19. The first kappa shape index (κ1) is 17.8. The predicted molar refractivity (Wildman–Crippen MR) is 109 cm³/mol. The van der Waals surface area contributed by atoms with E-state index in [4.69, 9.17) is 0 Å². The molecule has 27 heavy (non-hydrogen) atoms. The Bertz CT molecular complexity index is 965. The van der Waals surface area contributed by atoms with Crippen molar-refractivity contribution in [2.75, 3.05) is 23.3 Å². The number of anilines is 2. The topological polar surface area (TPSA) is 77.1 Å². The van der Waals surface area contributed by atoms with Gasteiger partial charge in [-0.15, -0.1) is 0 Å². The number of hydrogen-bond donors (Lipinski definition) is 3. The monoisotopic (exact) mass is 365 g/mol. The molecular weight excluding hydrogens is 338 g/mol. The second-order valence-corrected chi connectivity index (χ2v) is 7.41. The molecule has 0 radical (unpaired) electrons. The average Bonchev–Trinajstić information content (AvgIpc) is 3.24. The number of H-pyrrole nitrogens is 1. The Morgan fingerprint density at radius 2 is 2.19 bits per heavy atom. The van der Waals surface area contributed by atoms with Crippen molar-refractivity contribution in [1.82, 2.24) is 15.0 Å². The molecule has 1 saturated heterocycles. The highest BCUT2D eigenvalue weighted by molar-refractivity contribution is 5.88. The minimum Gasteiger partial charge on any atom is -0.391 e. The van der Waals surface area contributed by atoms with Crippen molar-refractivity contribution < 1.29 is 5.11 Å². The molecule has 3 N–H and O–H groups in total. The van der Waals surface area contributed by atoms with Gasteiger partial charge in [0, 0.05) is 36.9 Å². The molecule has 0 aliphatic carbocycles. The molecule has 142 valence electrons. The zero-order valence-electron chi connectivity index (χ0n) is 16.2. The van der Waals surface area contributed by atoms with Crippen LogP contribution in [0.2, 0.25) is 0 Å². The molecule has 1 fully saturated rings. The van der Waals surface area contributed by atoms with Gasteiger partial charge >= 0.3 is 0 Å². The minimum atomic E-state index is -0.263. The molecule has 0 saturated carbocycles. The van der Waals surface area contributed by atoms with Crippen LogP contribution in [0.15, 0.2) is 24.4 Å². The van der Waals surface area contributed by atoms with Crippen LogP contribution in [-0.2, 0) is 13.0 Å². The summed E-state index contributed by atoms with van der Waals surface area (Å²) >= 11 is 0. The first-order valence-electron chi connectivity index (χ1n) is 9.65. The normalized spacial score (nSPS) is 17.0. The Labute approximate surface area is 159 Å². The highest BCUT2D eigenvalue weighted by Gasteiger charge is 2.21. The van der Waals surface area contributed by atoms with E-state index in [1.165, 1.54) is 33.3 Å². The van der Waals surface area contributed by atoms with Crippen LogP contribution in [-0.4, -0.2) is 39.3 Å². The number of rotatable bonds is 5. The third kappa shape index (κ3) is 3.49. The quantitative estimate of drug-likeness (QED) is 0.647. The molecule has 4 rings (SSSR count). The van der Waals surface area contributed by atoms with Crippen LogP contribution in [0.1, 0.15) is 35.7 Å². The maximum atomic E-state index is 9.75. The number of β-amino-alcohol motifs (C(OH)–C–C–N with tert-alkyl or cyclic N) is 1. The summed E-state index contributed by atoms with van der Waals surface area (Å²) in [5, 5.41) is 14.4. The molecule has 6 heteroatoms. The van der Waals surface area contributed by atoms with E-state index < -0.39 is 0 Å². The molecule has 1 aliphatic rings. The van der Waals surface area contributed by atoms with Gasteiger partial charge in [0.05, 0.1) is 11.6 Å². The van der Waals surface area contributed by atoms with E-state index in [1.807, 2.05) is 6.07 Å². The largest absolute Gasteiger partial charge is 0.391 e. The van der Waals surface area contributed by atoms with Crippen molar-refractivity contribution in [2.24, 2.45) is 0 Å². The molecule has 3 heterocycles. The van der Waals surface area contributed by atoms with Crippen LogP contribution in [0.4, 0.5) is 11.8 Å². The lowest BCUT2D eigenvalue weighted by Gasteiger charge is -2.17. The SMILES string of the molecule is CCc1[nH]c2c(CNc3nccc(N4CCC(O)C4)n3)cc(C)cc2c1C. The van der Waals surface area contributed by atoms with Crippen molar-refractivity contribution in [3.8, 4) is 0 Å². The summed E-state index contributed by atoms with van der Waals surface area (Å²) in [6.45, 7) is 8.63. The van der Waals surface area contributed by atoms with Gasteiger partial charge in [-0.25, -0.2) is 4.98 Å². The Kier molecular flexibility index (Phi) is 4.74. The number of aryl methyl sites for hydroxylation is 3. The van der Waals surface area contributed by atoms with Gasteiger partial charge in [-0.3, -0.25) is 0 Å². The molecule has 2 aromatic heterocycles. The van der Waals surface area contributed by atoms with Crippen molar-refractivity contribution >= 4 is 22.7 Å². The maximum Gasteiger partial charge on any atom is 0.224 e. The van der Waals surface area contributed by atoms with Crippen LogP contribution >= 0.6 is 0 Å². The van der Waals surface area contributed by atoms with E-state index in [0.717, 1.165) is 25.2 Å². The van der Waals surface area contributed by atoms with Crippen LogP contribution in [0.5, 0.6) is 0 Å². The van der Waals surface area contributed by atoms with E-state index in [9.17, 15) is 5.11 Å². The summed E-state index contributed by atoms with van der Waals surface area (Å²) in [4.78, 5) is 14.7. The smallest absolute Gasteiger partial charge is 0.224 e. The number of nitrogens with zero attached hydrogens (tertiary/aromatic N) is 3. The standard InChI is InChI=1S/C21H27N5O/c1-4-18-14(3)17-10-13(2)9-15(20(17)24-18)11-23-21-22-7-5-19(25-21)26-8-6-16(27)12-26/h5,7,9-10,16,24,27H,4,6,8,11-12H2,1-3H3,(H,22,23,25). The Morgan fingerprint density at radius 1 is 1.33 bits per heavy atom. The number of fused-ring (bicyclic) bond motifs is 1. The predicted octanol–water partition coefficient (Wildman–Crippen LogP) is 3.32. The Balaban J connectivity index is 1.57. The molecule has 1 atom stereocenters. The number of benzene rings is 1. The first-order chi connectivity index (χ1) is 13.0. The fourth-order valence-electron chi connectivity index (χ4n) is 3.94. The minimum absolute atomic E-state index is 0.263. The first-order valence-corrected chi connectivity index (χ1v) is 9.65. The lowest BCUT2D eigenvalue weighted by molar-refractivity contribution is 0.198. The van der Waals surface area contributed by atoms with E-state index in [1.54, 1.807) is 6.20 Å². The van der Waals surface area contributed by atoms with Crippen LogP contribution < -0.4 is 10.2 Å². The summed E-state index contributed by atoms with van der Waals surface area (Å²) in [7, 11) is 0. The van der Waals surface area contributed by atoms with Crippen molar-refractivity contribution in [3.05, 3.63) is 46.8 Å². The molecule has 0 bridgehead atoms. The fraction of sp³-hybridized carbons (Fsp3) is 0.429. The fourth-order valence-corrected chi connectivity index (χ4v) is 3.94. The van der Waals surface area contributed by atoms with Gasteiger partial charge in [0.2, 0.25) is 5.95 Å². The molecule has 0 spiro atoms. The number of aliphatic hydroxyl groups excluding tert-OH is 1. The summed E-state index contributed by atoms with van der Waals surface area (Å²) < 4.78 is 0. The lowest BCUT2D eigenvalue weighted by atomic mass is 10.0. The zero-order valence-corrected chi connectivity index (χ0v) is 16.2. The van der Waals surface area contributed by atoms with Crippen molar-refractivity contribution in [3.63, 3.8) is 0 Å². The highest BCUT2D eigenvalue weighted by Crippen LogP contribution is 2.27. The molecule has 1 aliphatic heterocycles. The van der Waals surface area contributed by atoms with Gasteiger partial charge in [0.25, 0.3) is 0 Å². The Morgan fingerprint density at radius 3 is 2.93 bits per heavy atom. The second-order valence-electron chi connectivity index (χ2n) is 7.41. The number of aromatic nitrogens is 3. The number of aromatic amines is 1. The highest BCUT2D eigenvalue weighted by atomic mass is 16.3. The summed E-state index contributed by atoms with van der Waals surface area (Å²) in [5.41, 5.74) is 6.30. The van der Waals surface area contributed by atoms with Crippen molar-refractivity contribution in [1.29, 1.82) is 0 Å². The number of hydrogen-bond acceptors (Lipinski definition) is 5. The molecular formula is C21H27N5O. The van der Waals surface area contributed by atoms with Crippen LogP contribution in [0.3, 0.4) is 0 Å². The zero-order chi connectivity index (χ0) is 19.0. The van der Waals surface area contributed by atoms with Gasteiger partial charge in [0.15, 0.2) is 0 Å². The van der Waals surface area contributed by atoms with E-state index in [2.05, 4.69) is 58.1 Å². The van der Waals surface area contributed by atoms with E-state index in [0.29, 0.717) is 19.0 Å². The van der Waals surface area contributed by atoms with Gasteiger partial charge in [0.1, 0.15) is 5.82 Å². The third-order valence-electron chi connectivity index (χ3n) is 5.42. The summed E-state index contributed by atoms with van der Waals surface area (Å²) in [6, 6.07) is 6.36. The third-order valence-corrected chi connectivity index (χ3v) is 5.42. The Hall–Kier alpha value is -2.60. The number of nitrogens with one attached hydrogen (secondary N) is 2. The molecule has 3 aromatic rings. The van der Waals surface area contributed by atoms with Crippen molar-refractivity contribution in [2.45, 2.75) is 46.3 Å². The molecule has 0 amide bonds. The van der Waals surface area contributed by atoms with Gasteiger partial charge in [-0.1, -0.05) is 18.6 Å².